The first kappa shape index (κ1) is 15.7. The fourth-order valence-corrected chi connectivity index (χ4v) is 4.06. The topological polar surface area (TPSA) is 25.4 Å². The number of piperidine rings is 1. The summed E-state index contributed by atoms with van der Waals surface area (Å²) in [6, 6.07) is 8.85. The summed E-state index contributed by atoms with van der Waals surface area (Å²) in [5.74, 6) is 0.556. The number of rotatable bonds is 5. The molecule has 118 valence electrons. The van der Waals surface area contributed by atoms with Gasteiger partial charge in [-0.05, 0) is 25.3 Å². The first-order chi connectivity index (χ1) is 10.7. The Hall–Kier alpha value is -1.23. The van der Waals surface area contributed by atoms with E-state index in [0.717, 1.165) is 32.5 Å². The molecule has 1 aromatic carbocycles. The summed E-state index contributed by atoms with van der Waals surface area (Å²) in [7, 11) is 1.85. The maximum Gasteiger partial charge on any atom is 0.107 e. The Morgan fingerprint density at radius 1 is 1.41 bits per heavy atom. The smallest absolute Gasteiger partial charge is 0.107 e. The van der Waals surface area contributed by atoms with E-state index < -0.39 is 0 Å². The van der Waals surface area contributed by atoms with Gasteiger partial charge in [-0.2, -0.15) is 0 Å². The number of aromatic nitrogens is 1. The van der Waals surface area contributed by atoms with Gasteiger partial charge in [0.2, 0.25) is 0 Å². The highest BCUT2D eigenvalue weighted by Gasteiger charge is 2.29. The van der Waals surface area contributed by atoms with Crippen LogP contribution >= 0.6 is 11.3 Å². The van der Waals surface area contributed by atoms with Gasteiger partial charge in [-0.15, -0.1) is 11.3 Å². The molecule has 0 saturated carbocycles. The lowest BCUT2D eigenvalue weighted by Gasteiger charge is -2.37. The number of thiazole rings is 1. The van der Waals surface area contributed by atoms with Crippen molar-refractivity contribution < 1.29 is 4.74 Å². The molecule has 0 amide bonds. The van der Waals surface area contributed by atoms with Crippen LogP contribution in [0, 0.1) is 12.8 Å². The second-order valence-electron chi connectivity index (χ2n) is 6.18. The Balaban J connectivity index is 1.66. The predicted molar refractivity (Wildman–Crippen MR) is 91.2 cm³/mol. The normalized spacial score (nSPS) is 22.8. The third-order valence-corrected chi connectivity index (χ3v) is 5.24. The number of hydrogen-bond donors (Lipinski definition) is 0. The van der Waals surface area contributed by atoms with E-state index in [1.807, 2.05) is 13.3 Å². The van der Waals surface area contributed by atoms with Crippen molar-refractivity contribution in [1.82, 2.24) is 9.88 Å². The fraction of sp³-hybridized carbons (Fsp3) is 0.500. The maximum atomic E-state index is 5.75. The summed E-state index contributed by atoms with van der Waals surface area (Å²) in [5.41, 5.74) is 2.75. The van der Waals surface area contributed by atoms with Crippen LogP contribution in [0.25, 0.3) is 0 Å². The van der Waals surface area contributed by atoms with Crippen molar-refractivity contribution in [1.29, 1.82) is 0 Å². The van der Waals surface area contributed by atoms with Gasteiger partial charge in [0, 0.05) is 37.7 Å². The number of likely N-dealkylation sites (tertiary alicyclic amines) is 1. The van der Waals surface area contributed by atoms with Crippen molar-refractivity contribution in [2.45, 2.75) is 32.4 Å². The molecule has 0 aliphatic carbocycles. The van der Waals surface area contributed by atoms with Crippen LogP contribution in [0.15, 0.2) is 35.8 Å². The first-order valence-electron chi connectivity index (χ1n) is 7.93. The van der Waals surface area contributed by atoms with E-state index >= 15 is 0 Å². The SMILES string of the molecule is CO[C@@H]1CCN(Cc2nccs2)C[C@H]1Cc1cccc(C)c1. The highest BCUT2D eigenvalue weighted by Crippen LogP contribution is 2.25. The molecule has 0 N–H and O–H groups in total. The van der Waals surface area contributed by atoms with Gasteiger partial charge >= 0.3 is 0 Å². The van der Waals surface area contributed by atoms with Gasteiger partial charge in [-0.3, -0.25) is 4.90 Å². The van der Waals surface area contributed by atoms with Crippen molar-refractivity contribution in [3.8, 4) is 0 Å². The average molecular weight is 316 g/mol. The summed E-state index contributed by atoms with van der Waals surface area (Å²) in [6.07, 6.45) is 4.46. The number of nitrogens with zero attached hydrogens (tertiary/aromatic N) is 2. The average Bonchev–Trinajstić information content (AvgIpc) is 3.01. The van der Waals surface area contributed by atoms with Gasteiger partial charge in [0.1, 0.15) is 5.01 Å². The molecule has 0 bridgehead atoms. The van der Waals surface area contributed by atoms with Crippen LogP contribution in [0.3, 0.4) is 0 Å². The van der Waals surface area contributed by atoms with E-state index in [1.54, 1.807) is 11.3 Å². The Kier molecular flexibility index (Phi) is 5.24. The number of aryl methyl sites for hydroxylation is 1. The molecule has 1 aromatic heterocycles. The van der Waals surface area contributed by atoms with Gasteiger partial charge in [0.05, 0.1) is 12.6 Å². The molecule has 1 aliphatic rings. The van der Waals surface area contributed by atoms with Crippen molar-refractivity contribution >= 4 is 11.3 Å². The Labute approximate surface area is 137 Å². The van der Waals surface area contributed by atoms with Crippen LogP contribution < -0.4 is 0 Å². The maximum absolute atomic E-state index is 5.75. The third-order valence-electron chi connectivity index (χ3n) is 4.47. The Bertz CT molecular complexity index is 585. The van der Waals surface area contributed by atoms with Crippen molar-refractivity contribution in [2.75, 3.05) is 20.2 Å². The molecule has 3 nitrogen and oxygen atoms in total. The Morgan fingerprint density at radius 2 is 2.32 bits per heavy atom. The summed E-state index contributed by atoms with van der Waals surface area (Å²) in [6.45, 7) is 5.32. The molecule has 3 rings (SSSR count). The summed E-state index contributed by atoms with van der Waals surface area (Å²) < 4.78 is 5.75. The molecular weight excluding hydrogens is 292 g/mol. The molecule has 0 unspecified atom stereocenters. The molecule has 1 aliphatic heterocycles. The van der Waals surface area contributed by atoms with E-state index in [0.29, 0.717) is 12.0 Å². The minimum absolute atomic E-state index is 0.369. The van der Waals surface area contributed by atoms with Crippen molar-refractivity contribution in [3.63, 3.8) is 0 Å². The number of ether oxygens (including phenoxy) is 1. The second kappa shape index (κ2) is 7.36. The van der Waals surface area contributed by atoms with Crippen LogP contribution in [-0.2, 0) is 17.7 Å². The molecule has 2 heterocycles. The number of hydrogen-bond acceptors (Lipinski definition) is 4. The lowest BCUT2D eigenvalue weighted by molar-refractivity contribution is -0.00850. The van der Waals surface area contributed by atoms with Gasteiger partial charge in [0.15, 0.2) is 0 Å². The van der Waals surface area contributed by atoms with Gasteiger partial charge in [0.25, 0.3) is 0 Å². The largest absolute Gasteiger partial charge is 0.381 e. The standard InChI is InChI=1S/C18H24N2OS/c1-14-4-3-5-15(10-14)11-16-12-20(8-6-17(16)21-2)13-18-19-7-9-22-18/h3-5,7,9-10,16-17H,6,8,11-13H2,1-2H3/t16-,17-/m1/s1. The molecule has 0 spiro atoms. The monoisotopic (exact) mass is 316 g/mol. The van der Waals surface area contributed by atoms with Crippen LogP contribution in [0.5, 0.6) is 0 Å². The molecule has 2 aromatic rings. The quantitative estimate of drug-likeness (QED) is 0.844. The van der Waals surface area contributed by atoms with Crippen LogP contribution in [-0.4, -0.2) is 36.2 Å². The van der Waals surface area contributed by atoms with Crippen molar-refractivity contribution in [3.05, 3.63) is 52.0 Å². The van der Waals surface area contributed by atoms with E-state index in [-0.39, 0.29) is 0 Å². The molecule has 0 radical (unpaired) electrons. The minimum atomic E-state index is 0.369. The van der Waals surface area contributed by atoms with Gasteiger partial charge in [-0.1, -0.05) is 29.8 Å². The van der Waals surface area contributed by atoms with E-state index in [1.165, 1.54) is 16.1 Å². The number of methoxy groups -OCH3 is 1. The third kappa shape index (κ3) is 3.94. The number of benzene rings is 1. The van der Waals surface area contributed by atoms with Crippen molar-refractivity contribution in [2.24, 2.45) is 5.92 Å². The summed E-state index contributed by atoms with van der Waals surface area (Å²) in [5, 5.41) is 3.27. The lowest BCUT2D eigenvalue weighted by Crippen LogP contribution is -2.44. The van der Waals surface area contributed by atoms with Crippen LogP contribution in [0.2, 0.25) is 0 Å². The summed E-state index contributed by atoms with van der Waals surface area (Å²) >= 11 is 1.75. The molecule has 1 saturated heterocycles. The zero-order valence-corrected chi connectivity index (χ0v) is 14.2. The predicted octanol–water partition coefficient (Wildman–Crippen LogP) is 3.53. The highest BCUT2D eigenvalue weighted by atomic mass is 32.1. The fourth-order valence-electron chi connectivity index (χ4n) is 3.40. The van der Waals surface area contributed by atoms with E-state index in [4.69, 9.17) is 4.74 Å². The molecule has 4 heteroatoms. The van der Waals surface area contributed by atoms with Crippen LogP contribution in [0.4, 0.5) is 0 Å². The minimum Gasteiger partial charge on any atom is -0.381 e. The van der Waals surface area contributed by atoms with Crippen LogP contribution in [0.1, 0.15) is 22.6 Å². The molecule has 2 atom stereocenters. The lowest BCUT2D eigenvalue weighted by atomic mass is 9.88. The first-order valence-corrected chi connectivity index (χ1v) is 8.81. The van der Waals surface area contributed by atoms with E-state index in [2.05, 4.69) is 46.5 Å². The molecule has 1 fully saturated rings. The molecular formula is C18H24N2OS. The van der Waals surface area contributed by atoms with E-state index in [9.17, 15) is 0 Å². The zero-order chi connectivity index (χ0) is 15.4. The Morgan fingerprint density at radius 3 is 3.05 bits per heavy atom. The van der Waals surface area contributed by atoms with Gasteiger partial charge < -0.3 is 4.74 Å². The van der Waals surface area contributed by atoms with Gasteiger partial charge in [-0.25, -0.2) is 4.98 Å². The highest BCUT2D eigenvalue weighted by molar-refractivity contribution is 7.09. The summed E-state index contributed by atoms with van der Waals surface area (Å²) in [4.78, 5) is 6.94. The molecule has 22 heavy (non-hydrogen) atoms. The zero-order valence-electron chi connectivity index (χ0n) is 13.4. The second-order valence-corrected chi connectivity index (χ2v) is 7.16.